The van der Waals surface area contributed by atoms with E-state index in [0.29, 0.717) is 5.82 Å². The summed E-state index contributed by atoms with van der Waals surface area (Å²) in [5.41, 5.74) is 9.29. The second-order valence-corrected chi connectivity index (χ2v) is 11.3. The van der Waals surface area contributed by atoms with E-state index in [0.717, 1.165) is 93.9 Å². The van der Waals surface area contributed by atoms with Crippen LogP contribution in [0.5, 0.6) is 0 Å². The van der Waals surface area contributed by atoms with E-state index in [-0.39, 0.29) is 0 Å². The number of hydrogen-bond donors (Lipinski definition) is 0. The van der Waals surface area contributed by atoms with Crippen LogP contribution in [-0.4, -0.2) is 9.97 Å². The van der Waals surface area contributed by atoms with Gasteiger partial charge in [0.05, 0.1) is 11.4 Å². The lowest BCUT2D eigenvalue weighted by Gasteiger charge is -2.11. The Morgan fingerprint density at radius 3 is 1.51 bits per heavy atom. The van der Waals surface area contributed by atoms with Crippen molar-refractivity contribution in [3.8, 4) is 33.9 Å². The Morgan fingerprint density at radius 1 is 0.356 bits per heavy atom. The van der Waals surface area contributed by atoms with Gasteiger partial charge in [-0.3, -0.25) is 0 Å². The van der Waals surface area contributed by atoms with Crippen LogP contribution < -0.4 is 0 Å². The second kappa shape index (κ2) is 9.15. The number of para-hydroxylation sites is 4. The summed E-state index contributed by atoms with van der Waals surface area (Å²) in [6.45, 7) is 0. The smallest absolute Gasteiger partial charge is 0.161 e. The fourth-order valence-electron chi connectivity index (χ4n) is 6.74. The number of benzene rings is 6. The molecule has 0 N–H and O–H groups in total. The lowest BCUT2D eigenvalue weighted by molar-refractivity contribution is 0.668. The molecule has 0 saturated carbocycles. The number of hydrogen-bond acceptors (Lipinski definition) is 5. The van der Waals surface area contributed by atoms with Crippen molar-refractivity contribution in [1.29, 1.82) is 0 Å². The van der Waals surface area contributed by atoms with Gasteiger partial charge in [0.15, 0.2) is 5.82 Å². The summed E-state index contributed by atoms with van der Waals surface area (Å²) in [5.74, 6) is 0.609. The third-order valence-corrected chi connectivity index (χ3v) is 8.73. The zero-order valence-corrected chi connectivity index (χ0v) is 23.8. The lowest BCUT2D eigenvalue weighted by Crippen LogP contribution is -1.97. The first-order chi connectivity index (χ1) is 22.3. The molecule has 4 aromatic heterocycles. The summed E-state index contributed by atoms with van der Waals surface area (Å²) >= 11 is 0. The summed E-state index contributed by atoms with van der Waals surface area (Å²) in [4.78, 5) is 10.5. The normalized spacial score (nSPS) is 12.0. The van der Waals surface area contributed by atoms with Crippen LogP contribution in [0.4, 0.5) is 0 Å². The van der Waals surface area contributed by atoms with Gasteiger partial charge in [0.1, 0.15) is 33.5 Å². The summed E-state index contributed by atoms with van der Waals surface area (Å²) in [5, 5.41) is 6.22. The van der Waals surface area contributed by atoms with Gasteiger partial charge in [-0.05, 0) is 42.5 Å². The van der Waals surface area contributed by atoms with E-state index in [1.54, 1.807) is 0 Å². The number of fused-ring (bicyclic) bond motifs is 9. The molecule has 0 aliphatic rings. The molecule has 0 aliphatic heterocycles. The van der Waals surface area contributed by atoms with Crippen LogP contribution in [-0.2, 0) is 0 Å². The van der Waals surface area contributed by atoms with Crippen LogP contribution in [0.3, 0.4) is 0 Å². The summed E-state index contributed by atoms with van der Waals surface area (Å²) in [6, 6.07) is 44.9. The standard InChI is InChI=1S/C40H22N2O3/c1-4-17-32-23(10-1)24-13-7-15-26(39(24)45-32)31-22-30(25-14-8-20-35-37(25)27-11-2-5-18-33(27)43-35)41-40(42-31)29-16-9-21-36-38(29)28-12-3-6-19-34(28)44-36/h1-22H. The number of furan rings is 3. The Morgan fingerprint density at radius 2 is 0.822 bits per heavy atom. The summed E-state index contributed by atoms with van der Waals surface area (Å²) in [6.07, 6.45) is 0. The maximum absolute atomic E-state index is 6.47. The van der Waals surface area contributed by atoms with E-state index in [1.165, 1.54) is 0 Å². The Bertz CT molecular complexity index is 2650. The minimum absolute atomic E-state index is 0.609. The highest BCUT2D eigenvalue weighted by molar-refractivity contribution is 6.14. The van der Waals surface area contributed by atoms with Crippen molar-refractivity contribution in [2.45, 2.75) is 0 Å². The largest absolute Gasteiger partial charge is 0.456 e. The molecule has 10 aromatic rings. The van der Waals surface area contributed by atoms with Crippen LogP contribution in [0.2, 0.25) is 0 Å². The highest BCUT2D eigenvalue weighted by Gasteiger charge is 2.21. The van der Waals surface area contributed by atoms with Crippen LogP contribution in [0.1, 0.15) is 0 Å². The first-order valence-electron chi connectivity index (χ1n) is 14.9. The maximum Gasteiger partial charge on any atom is 0.161 e. The van der Waals surface area contributed by atoms with Gasteiger partial charge in [-0.1, -0.05) is 91.0 Å². The Labute approximate surface area is 256 Å². The van der Waals surface area contributed by atoms with Crippen LogP contribution in [0, 0.1) is 0 Å². The van der Waals surface area contributed by atoms with Gasteiger partial charge in [0, 0.05) is 49.0 Å². The fraction of sp³-hybridized carbons (Fsp3) is 0. The molecule has 6 aromatic carbocycles. The zero-order chi connectivity index (χ0) is 29.5. The lowest BCUT2D eigenvalue weighted by atomic mass is 10.00. The van der Waals surface area contributed by atoms with E-state index >= 15 is 0 Å². The monoisotopic (exact) mass is 578 g/mol. The van der Waals surface area contributed by atoms with Gasteiger partial charge in [-0.2, -0.15) is 0 Å². The average Bonchev–Trinajstić information content (AvgIpc) is 3.79. The molecule has 4 heterocycles. The minimum atomic E-state index is 0.609. The molecule has 0 aliphatic carbocycles. The molecular weight excluding hydrogens is 556 g/mol. The van der Waals surface area contributed by atoms with Gasteiger partial charge in [0.25, 0.3) is 0 Å². The third-order valence-electron chi connectivity index (χ3n) is 8.73. The Kier molecular flexibility index (Phi) is 4.93. The molecule has 0 unspecified atom stereocenters. The molecule has 0 radical (unpaired) electrons. The van der Waals surface area contributed by atoms with Crippen molar-refractivity contribution in [3.63, 3.8) is 0 Å². The molecule has 210 valence electrons. The van der Waals surface area contributed by atoms with Gasteiger partial charge in [-0.15, -0.1) is 0 Å². The van der Waals surface area contributed by atoms with E-state index in [9.17, 15) is 0 Å². The van der Waals surface area contributed by atoms with E-state index < -0.39 is 0 Å². The second-order valence-electron chi connectivity index (χ2n) is 11.3. The van der Waals surface area contributed by atoms with Gasteiger partial charge >= 0.3 is 0 Å². The highest BCUT2D eigenvalue weighted by Crippen LogP contribution is 2.41. The van der Waals surface area contributed by atoms with Crippen molar-refractivity contribution in [2.75, 3.05) is 0 Å². The molecular formula is C40H22N2O3. The summed E-state index contributed by atoms with van der Waals surface area (Å²) < 4.78 is 19.0. The Balaban J connectivity index is 1.31. The van der Waals surface area contributed by atoms with Crippen LogP contribution in [0.25, 0.3) is 99.7 Å². The first kappa shape index (κ1) is 24.3. The quantitative estimate of drug-likeness (QED) is 0.209. The topological polar surface area (TPSA) is 65.2 Å². The van der Waals surface area contributed by atoms with E-state index in [2.05, 4.69) is 54.6 Å². The molecule has 10 rings (SSSR count). The zero-order valence-electron chi connectivity index (χ0n) is 23.8. The van der Waals surface area contributed by atoms with Gasteiger partial charge in [-0.25, -0.2) is 9.97 Å². The molecule has 5 heteroatoms. The van der Waals surface area contributed by atoms with E-state index in [4.69, 9.17) is 23.2 Å². The number of aromatic nitrogens is 2. The Hall–Kier alpha value is -6.20. The molecule has 0 amide bonds. The highest BCUT2D eigenvalue weighted by atomic mass is 16.3. The molecule has 0 bridgehead atoms. The van der Waals surface area contributed by atoms with E-state index in [1.807, 2.05) is 78.9 Å². The van der Waals surface area contributed by atoms with Crippen molar-refractivity contribution in [3.05, 3.63) is 133 Å². The predicted molar refractivity (Wildman–Crippen MR) is 180 cm³/mol. The van der Waals surface area contributed by atoms with Gasteiger partial charge < -0.3 is 13.3 Å². The first-order valence-corrected chi connectivity index (χ1v) is 14.9. The molecule has 0 atom stereocenters. The van der Waals surface area contributed by atoms with Crippen molar-refractivity contribution in [1.82, 2.24) is 9.97 Å². The third kappa shape index (κ3) is 3.55. The fourth-order valence-corrected chi connectivity index (χ4v) is 6.74. The minimum Gasteiger partial charge on any atom is -0.456 e. The number of nitrogens with zero attached hydrogens (tertiary/aromatic N) is 2. The predicted octanol–water partition coefficient (Wildman–Crippen LogP) is 11.2. The maximum atomic E-state index is 6.47. The summed E-state index contributed by atoms with van der Waals surface area (Å²) in [7, 11) is 0. The van der Waals surface area contributed by atoms with Gasteiger partial charge in [0.2, 0.25) is 0 Å². The SMILES string of the molecule is c1ccc2c(c1)oc1c(-c3cc(-c4cccc5oc6ccccc6c45)nc(-c4cccc5oc6ccccc6c45)n3)cccc12. The van der Waals surface area contributed by atoms with Crippen molar-refractivity contribution in [2.24, 2.45) is 0 Å². The molecule has 45 heavy (non-hydrogen) atoms. The number of rotatable bonds is 3. The van der Waals surface area contributed by atoms with Crippen LogP contribution >= 0.6 is 0 Å². The average molecular weight is 579 g/mol. The molecule has 0 saturated heterocycles. The van der Waals surface area contributed by atoms with Crippen molar-refractivity contribution >= 4 is 65.8 Å². The van der Waals surface area contributed by atoms with Crippen LogP contribution in [0.15, 0.2) is 147 Å². The van der Waals surface area contributed by atoms with Crippen molar-refractivity contribution < 1.29 is 13.3 Å². The molecule has 5 nitrogen and oxygen atoms in total. The molecule has 0 spiro atoms. The molecule has 0 fully saturated rings.